The summed E-state index contributed by atoms with van der Waals surface area (Å²) in [5, 5.41) is 0. The smallest absolute Gasteiger partial charge is 0.381 e. The molecule has 1 aromatic rings. The van der Waals surface area contributed by atoms with E-state index in [0.717, 1.165) is 6.08 Å². The van der Waals surface area contributed by atoms with Gasteiger partial charge in [-0.05, 0) is 12.1 Å². The van der Waals surface area contributed by atoms with Gasteiger partial charge in [0.2, 0.25) is 5.56 Å². The van der Waals surface area contributed by atoms with E-state index >= 15 is 0 Å². The number of aromatic nitrogens is 1. The summed E-state index contributed by atoms with van der Waals surface area (Å²) in [4.78, 5) is 11.3. The molecule has 0 fully saturated rings. The molecule has 1 aliphatic rings. The number of ether oxygens (including phenoxy) is 1. The van der Waals surface area contributed by atoms with E-state index in [-0.39, 0.29) is 24.3 Å². The summed E-state index contributed by atoms with van der Waals surface area (Å²) >= 11 is 0. The van der Waals surface area contributed by atoms with Crippen molar-refractivity contribution < 1.29 is 30.5 Å². The largest absolute Gasteiger partial charge is 0.534 e. The fraction of sp³-hybridized carbons (Fsp3) is 0.417. The van der Waals surface area contributed by atoms with Crippen molar-refractivity contribution in [3.63, 3.8) is 0 Å². The minimum Gasteiger partial charge on any atom is -0.381 e. The van der Waals surface area contributed by atoms with Gasteiger partial charge in [0.1, 0.15) is 11.9 Å². The number of aryl methyl sites for hydroxylation is 1. The third kappa shape index (κ3) is 3.50. The molecule has 0 saturated heterocycles. The quantitative estimate of drug-likeness (QED) is 0.618. The predicted molar refractivity (Wildman–Crippen MR) is 69.1 cm³/mol. The fourth-order valence-electron chi connectivity index (χ4n) is 1.82. The Morgan fingerprint density at radius 1 is 1.36 bits per heavy atom. The summed E-state index contributed by atoms with van der Waals surface area (Å²) in [5.74, 6) is -0.345. The van der Waals surface area contributed by atoms with Crippen LogP contribution in [0, 0.1) is 0 Å². The number of nitrogens with zero attached hydrogens (tertiary/aromatic N) is 1. The minimum atomic E-state index is -5.70. The topological polar surface area (TPSA) is 74.6 Å². The fourth-order valence-corrected chi connectivity index (χ4v) is 2.34. The van der Waals surface area contributed by atoms with Gasteiger partial charge in [-0.1, -0.05) is 0 Å². The van der Waals surface area contributed by atoms with Gasteiger partial charge in [-0.2, -0.15) is 21.6 Å². The van der Waals surface area contributed by atoms with Gasteiger partial charge < -0.3 is 13.5 Å². The molecule has 1 aliphatic heterocycles. The van der Waals surface area contributed by atoms with E-state index in [2.05, 4.69) is 4.18 Å². The zero-order valence-corrected chi connectivity index (χ0v) is 12.1. The molecule has 0 bridgehead atoms. The molecule has 0 aliphatic carbocycles. The lowest BCUT2D eigenvalue weighted by Crippen LogP contribution is -2.26. The normalized spacial score (nSPS) is 19.6. The van der Waals surface area contributed by atoms with Crippen molar-refractivity contribution in [2.24, 2.45) is 7.05 Å². The van der Waals surface area contributed by atoms with Gasteiger partial charge in [0, 0.05) is 31.3 Å². The lowest BCUT2D eigenvalue weighted by molar-refractivity contribution is -0.0530. The molecule has 0 aromatic carbocycles. The van der Waals surface area contributed by atoms with Crippen molar-refractivity contribution >= 4 is 10.1 Å². The van der Waals surface area contributed by atoms with Crippen LogP contribution in [-0.2, 0) is 26.1 Å². The van der Waals surface area contributed by atoms with Crippen LogP contribution in [0.15, 0.2) is 35.0 Å². The highest BCUT2D eigenvalue weighted by molar-refractivity contribution is 7.87. The van der Waals surface area contributed by atoms with E-state index in [0.29, 0.717) is 5.56 Å². The molecular formula is C12H12F3NO5S. The lowest BCUT2D eigenvalue weighted by atomic mass is 10.1. The second-order valence-electron chi connectivity index (χ2n) is 4.57. The summed E-state index contributed by atoms with van der Waals surface area (Å²) in [6.45, 7) is -0.00722. The van der Waals surface area contributed by atoms with Gasteiger partial charge in [0.25, 0.3) is 0 Å². The number of alkyl halides is 3. The molecule has 0 N–H and O–H groups in total. The van der Waals surface area contributed by atoms with Crippen molar-refractivity contribution in [3.8, 4) is 0 Å². The molecule has 0 spiro atoms. The summed E-state index contributed by atoms with van der Waals surface area (Å²) in [6, 6.07) is 2.72. The molecule has 1 aromatic heterocycles. The first-order valence-electron chi connectivity index (χ1n) is 6.10. The van der Waals surface area contributed by atoms with Crippen LogP contribution in [0.1, 0.15) is 18.1 Å². The summed E-state index contributed by atoms with van der Waals surface area (Å²) in [7, 11) is -4.19. The highest BCUT2D eigenvalue weighted by Crippen LogP contribution is 2.31. The number of hydrogen-bond acceptors (Lipinski definition) is 5. The maximum atomic E-state index is 12.3. The maximum absolute atomic E-state index is 12.3. The lowest BCUT2D eigenvalue weighted by Gasteiger charge is -2.22. The zero-order chi connectivity index (χ0) is 16.5. The van der Waals surface area contributed by atoms with Gasteiger partial charge in [0.15, 0.2) is 0 Å². The summed E-state index contributed by atoms with van der Waals surface area (Å²) < 4.78 is 69.6. The number of pyridine rings is 1. The van der Waals surface area contributed by atoms with Crippen LogP contribution in [0.3, 0.4) is 0 Å². The van der Waals surface area contributed by atoms with Crippen molar-refractivity contribution in [1.29, 1.82) is 0 Å². The van der Waals surface area contributed by atoms with Gasteiger partial charge in [-0.15, -0.1) is 0 Å². The average molecular weight is 339 g/mol. The van der Waals surface area contributed by atoms with Crippen LogP contribution in [0.25, 0.3) is 0 Å². The maximum Gasteiger partial charge on any atom is 0.534 e. The number of hydrogen-bond donors (Lipinski definition) is 0. The first-order valence-corrected chi connectivity index (χ1v) is 7.50. The molecule has 2 heterocycles. The van der Waals surface area contributed by atoms with Gasteiger partial charge in [-0.3, -0.25) is 4.79 Å². The first-order chi connectivity index (χ1) is 10.1. The Labute approximate surface area is 123 Å². The monoisotopic (exact) mass is 339 g/mol. The molecular weight excluding hydrogens is 327 g/mol. The van der Waals surface area contributed by atoms with Gasteiger partial charge in [-0.25, -0.2) is 0 Å². The molecule has 6 nitrogen and oxygen atoms in total. The Kier molecular flexibility index (Phi) is 4.34. The van der Waals surface area contributed by atoms with E-state index in [9.17, 15) is 26.4 Å². The Bertz CT molecular complexity index is 751. The highest BCUT2D eigenvalue weighted by Gasteiger charge is 2.49. The Morgan fingerprint density at radius 2 is 2.05 bits per heavy atom. The molecule has 1 atom stereocenters. The Morgan fingerprint density at radius 3 is 2.64 bits per heavy atom. The molecule has 22 heavy (non-hydrogen) atoms. The average Bonchev–Trinajstić information content (AvgIpc) is 2.40. The Hall–Kier alpha value is -1.81. The second-order valence-corrected chi connectivity index (χ2v) is 6.11. The molecule has 0 radical (unpaired) electrons. The third-order valence-electron chi connectivity index (χ3n) is 2.92. The van der Waals surface area contributed by atoms with Gasteiger partial charge >= 0.3 is 15.6 Å². The molecule has 122 valence electrons. The molecule has 10 heteroatoms. The van der Waals surface area contributed by atoms with Crippen LogP contribution >= 0.6 is 0 Å². The number of halogens is 3. The van der Waals surface area contributed by atoms with Crippen molar-refractivity contribution in [2.75, 3.05) is 6.61 Å². The first kappa shape index (κ1) is 16.6. The Balaban J connectivity index is 2.26. The molecule has 0 amide bonds. The van der Waals surface area contributed by atoms with Crippen LogP contribution in [0.4, 0.5) is 13.2 Å². The second kappa shape index (κ2) is 5.76. The summed E-state index contributed by atoms with van der Waals surface area (Å²) in [6.07, 6.45) is 1.70. The molecule has 0 saturated carbocycles. The minimum absolute atomic E-state index is 0.00722. The van der Waals surface area contributed by atoms with Crippen LogP contribution < -0.4 is 5.56 Å². The third-order valence-corrected chi connectivity index (χ3v) is 3.92. The standard InChI is InChI=1S/C12H12F3NO5S/c1-16-7-8(2-3-11(16)17)10-6-9(4-5-20-10)21-22(18,19)12(13,14)15/h2-3,6-7,10H,4-5H2,1H3. The highest BCUT2D eigenvalue weighted by atomic mass is 32.2. The van der Waals surface area contributed by atoms with E-state index in [4.69, 9.17) is 4.74 Å². The molecule has 2 rings (SSSR count). The van der Waals surface area contributed by atoms with Gasteiger partial charge in [0.05, 0.1) is 6.61 Å². The van der Waals surface area contributed by atoms with E-state index < -0.39 is 21.7 Å². The van der Waals surface area contributed by atoms with Crippen LogP contribution in [0.5, 0.6) is 0 Å². The number of rotatable bonds is 3. The van der Waals surface area contributed by atoms with Crippen LogP contribution in [-0.4, -0.2) is 25.1 Å². The SMILES string of the molecule is Cn1cc(C2C=C(OS(=O)(=O)C(F)(F)F)CCO2)ccc1=O. The predicted octanol–water partition coefficient (Wildman–Crippen LogP) is 1.60. The van der Waals surface area contributed by atoms with Crippen molar-refractivity contribution in [3.05, 3.63) is 46.1 Å². The van der Waals surface area contributed by atoms with Crippen LogP contribution in [0.2, 0.25) is 0 Å². The summed E-state index contributed by atoms with van der Waals surface area (Å²) in [5.41, 5.74) is -5.26. The van der Waals surface area contributed by atoms with E-state index in [1.807, 2.05) is 0 Å². The molecule has 1 unspecified atom stereocenters. The van der Waals surface area contributed by atoms with E-state index in [1.165, 1.54) is 29.9 Å². The van der Waals surface area contributed by atoms with E-state index in [1.54, 1.807) is 0 Å². The van der Waals surface area contributed by atoms with Crippen molar-refractivity contribution in [2.45, 2.75) is 18.0 Å². The zero-order valence-electron chi connectivity index (χ0n) is 11.3. The van der Waals surface area contributed by atoms with Crippen molar-refractivity contribution in [1.82, 2.24) is 4.57 Å².